The van der Waals surface area contributed by atoms with Crippen LogP contribution in [0.15, 0.2) is 65.2 Å². The molecular formula is C21H19N3OS. The van der Waals surface area contributed by atoms with E-state index in [1.807, 2.05) is 61.0 Å². The average Bonchev–Trinajstić information content (AvgIpc) is 3.09. The molecule has 1 heterocycles. The summed E-state index contributed by atoms with van der Waals surface area (Å²) in [5.41, 5.74) is 3.18. The number of nitrogens with zero attached hydrogens (tertiary/aromatic N) is 1. The van der Waals surface area contributed by atoms with E-state index in [-0.39, 0.29) is 11.5 Å². The fourth-order valence-corrected chi connectivity index (χ4v) is 3.17. The Morgan fingerprint density at radius 3 is 2.73 bits per heavy atom. The monoisotopic (exact) mass is 361 g/mol. The third kappa shape index (κ3) is 4.16. The Morgan fingerprint density at radius 1 is 1.23 bits per heavy atom. The van der Waals surface area contributed by atoms with Gasteiger partial charge in [0.2, 0.25) is 0 Å². The number of hydrogen-bond donors (Lipinski definition) is 2. The number of nitriles is 1. The molecule has 4 nitrogen and oxygen atoms in total. The van der Waals surface area contributed by atoms with Gasteiger partial charge in [-0.05, 0) is 48.1 Å². The number of fused-ring (bicyclic) bond motifs is 1. The fraction of sp³-hybridized carbons (Fsp3) is 0.143. The zero-order valence-corrected chi connectivity index (χ0v) is 15.3. The second-order valence-electron chi connectivity index (χ2n) is 5.81. The number of carbonyl (C=O) groups is 1. The lowest BCUT2D eigenvalue weighted by Gasteiger charge is -2.04. The zero-order valence-electron chi connectivity index (χ0n) is 14.5. The SMILES string of the molecule is CSc1ccc(C=C(C#N)C(=O)NCCc2c[nH]c3ccccc23)cc1. The number of aromatic amines is 1. The smallest absolute Gasteiger partial charge is 0.261 e. The molecule has 0 aliphatic heterocycles. The molecule has 0 bridgehead atoms. The highest BCUT2D eigenvalue weighted by atomic mass is 32.2. The molecule has 0 radical (unpaired) electrons. The number of aromatic nitrogens is 1. The molecule has 0 fully saturated rings. The van der Waals surface area contributed by atoms with Gasteiger partial charge in [0.05, 0.1) is 0 Å². The summed E-state index contributed by atoms with van der Waals surface area (Å²) in [4.78, 5) is 16.6. The number of thioether (sulfide) groups is 1. The third-order valence-corrected chi connectivity index (χ3v) is 4.89. The average molecular weight is 361 g/mol. The molecule has 130 valence electrons. The van der Waals surface area contributed by atoms with E-state index in [9.17, 15) is 10.1 Å². The van der Waals surface area contributed by atoms with Crippen molar-refractivity contribution in [1.82, 2.24) is 10.3 Å². The first-order chi connectivity index (χ1) is 12.7. The van der Waals surface area contributed by atoms with Crippen LogP contribution in [0, 0.1) is 11.3 Å². The molecule has 2 N–H and O–H groups in total. The lowest BCUT2D eigenvalue weighted by Crippen LogP contribution is -2.26. The molecular weight excluding hydrogens is 342 g/mol. The Morgan fingerprint density at radius 2 is 2.00 bits per heavy atom. The first-order valence-electron chi connectivity index (χ1n) is 8.30. The van der Waals surface area contributed by atoms with E-state index in [0.717, 1.165) is 26.9 Å². The van der Waals surface area contributed by atoms with E-state index in [1.165, 1.54) is 0 Å². The van der Waals surface area contributed by atoms with E-state index >= 15 is 0 Å². The van der Waals surface area contributed by atoms with E-state index in [0.29, 0.717) is 13.0 Å². The first-order valence-corrected chi connectivity index (χ1v) is 9.53. The van der Waals surface area contributed by atoms with Gasteiger partial charge >= 0.3 is 0 Å². The molecule has 1 aromatic heterocycles. The van der Waals surface area contributed by atoms with Gasteiger partial charge < -0.3 is 10.3 Å². The number of benzene rings is 2. The number of nitrogens with one attached hydrogen (secondary N) is 2. The highest BCUT2D eigenvalue weighted by Crippen LogP contribution is 2.18. The number of para-hydroxylation sites is 1. The van der Waals surface area contributed by atoms with Gasteiger partial charge in [-0.25, -0.2) is 0 Å². The van der Waals surface area contributed by atoms with Crippen LogP contribution in [0.3, 0.4) is 0 Å². The van der Waals surface area contributed by atoms with Crippen LogP contribution in [-0.2, 0) is 11.2 Å². The highest BCUT2D eigenvalue weighted by molar-refractivity contribution is 7.98. The predicted octanol–water partition coefficient (Wildman–Crippen LogP) is 4.16. The number of amides is 1. The minimum absolute atomic E-state index is 0.112. The van der Waals surface area contributed by atoms with Gasteiger partial charge in [-0.2, -0.15) is 5.26 Å². The van der Waals surface area contributed by atoms with Crippen LogP contribution in [0.25, 0.3) is 17.0 Å². The van der Waals surface area contributed by atoms with Crippen LogP contribution >= 0.6 is 11.8 Å². The van der Waals surface area contributed by atoms with E-state index < -0.39 is 0 Å². The summed E-state index contributed by atoms with van der Waals surface area (Å²) >= 11 is 1.65. The number of carbonyl (C=O) groups excluding carboxylic acids is 1. The highest BCUT2D eigenvalue weighted by Gasteiger charge is 2.09. The largest absolute Gasteiger partial charge is 0.361 e. The minimum Gasteiger partial charge on any atom is -0.361 e. The van der Waals surface area contributed by atoms with Gasteiger partial charge in [-0.3, -0.25) is 4.79 Å². The summed E-state index contributed by atoms with van der Waals surface area (Å²) < 4.78 is 0. The first kappa shape index (κ1) is 17.8. The predicted molar refractivity (Wildman–Crippen MR) is 107 cm³/mol. The van der Waals surface area contributed by atoms with Crippen LogP contribution in [0.4, 0.5) is 0 Å². The second kappa shape index (κ2) is 8.41. The van der Waals surface area contributed by atoms with Crippen molar-refractivity contribution in [3.63, 3.8) is 0 Å². The molecule has 0 aliphatic rings. The fourth-order valence-electron chi connectivity index (χ4n) is 2.76. The van der Waals surface area contributed by atoms with Gasteiger partial charge in [0, 0.05) is 28.5 Å². The van der Waals surface area contributed by atoms with Gasteiger partial charge in [0.1, 0.15) is 11.6 Å². The summed E-state index contributed by atoms with van der Waals surface area (Å²) in [6.45, 7) is 0.477. The van der Waals surface area contributed by atoms with Crippen molar-refractivity contribution in [2.24, 2.45) is 0 Å². The van der Waals surface area contributed by atoms with Crippen molar-refractivity contribution in [2.45, 2.75) is 11.3 Å². The van der Waals surface area contributed by atoms with E-state index in [4.69, 9.17) is 0 Å². The molecule has 5 heteroatoms. The molecule has 0 unspecified atom stereocenters. The third-order valence-electron chi connectivity index (χ3n) is 4.15. The van der Waals surface area contributed by atoms with Gasteiger partial charge in [-0.15, -0.1) is 11.8 Å². The molecule has 3 aromatic rings. The van der Waals surface area contributed by atoms with Crippen LogP contribution in [0.1, 0.15) is 11.1 Å². The topological polar surface area (TPSA) is 68.7 Å². The zero-order chi connectivity index (χ0) is 18.4. The maximum atomic E-state index is 12.3. The normalized spacial score (nSPS) is 11.3. The molecule has 0 saturated heterocycles. The van der Waals surface area contributed by atoms with Crippen LogP contribution in [-0.4, -0.2) is 23.7 Å². The summed E-state index contributed by atoms with van der Waals surface area (Å²) in [6, 6.07) is 17.8. The molecule has 0 atom stereocenters. The number of rotatable bonds is 6. The lowest BCUT2D eigenvalue weighted by atomic mass is 10.1. The summed E-state index contributed by atoms with van der Waals surface area (Å²) in [6.07, 6.45) is 6.29. The summed E-state index contributed by atoms with van der Waals surface area (Å²) in [5.74, 6) is -0.346. The van der Waals surface area contributed by atoms with Gasteiger partial charge in [0.25, 0.3) is 5.91 Å². The Labute approximate surface area is 156 Å². The maximum Gasteiger partial charge on any atom is 0.261 e. The van der Waals surface area contributed by atoms with Crippen LogP contribution in [0.2, 0.25) is 0 Å². The van der Waals surface area contributed by atoms with Crippen LogP contribution in [0.5, 0.6) is 0 Å². The standard InChI is InChI=1S/C21H19N3OS/c1-26-18-8-6-15(7-9-18)12-17(13-22)21(25)23-11-10-16-14-24-20-5-3-2-4-19(16)20/h2-9,12,14,24H,10-11H2,1H3,(H,23,25). The van der Waals surface area contributed by atoms with E-state index in [1.54, 1.807) is 17.8 Å². The quantitative estimate of drug-likeness (QED) is 0.394. The molecule has 0 saturated carbocycles. The summed E-state index contributed by atoms with van der Waals surface area (Å²) in [5, 5.41) is 13.3. The van der Waals surface area contributed by atoms with Crippen molar-refractivity contribution < 1.29 is 4.79 Å². The van der Waals surface area contributed by atoms with Gasteiger partial charge in [-0.1, -0.05) is 30.3 Å². The lowest BCUT2D eigenvalue weighted by molar-refractivity contribution is -0.117. The van der Waals surface area contributed by atoms with E-state index in [2.05, 4.69) is 16.4 Å². The summed E-state index contributed by atoms with van der Waals surface area (Å²) in [7, 11) is 0. The van der Waals surface area contributed by atoms with Crippen molar-refractivity contribution in [3.05, 3.63) is 71.4 Å². The van der Waals surface area contributed by atoms with Crippen molar-refractivity contribution in [1.29, 1.82) is 5.26 Å². The Kier molecular flexibility index (Phi) is 5.77. The Balaban J connectivity index is 1.62. The minimum atomic E-state index is -0.346. The Bertz CT molecular complexity index is 980. The number of H-pyrrole nitrogens is 1. The van der Waals surface area contributed by atoms with Crippen molar-refractivity contribution >= 4 is 34.6 Å². The molecule has 2 aromatic carbocycles. The van der Waals surface area contributed by atoms with Crippen molar-refractivity contribution in [3.8, 4) is 6.07 Å². The molecule has 0 spiro atoms. The molecule has 0 aliphatic carbocycles. The van der Waals surface area contributed by atoms with Gasteiger partial charge in [0.15, 0.2) is 0 Å². The van der Waals surface area contributed by atoms with Crippen LogP contribution < -0.4 is 5.32 Å². The van der Waals surface area contributed by atoms with Crippen molar-refractivity contribution in [2.75, 3.05) is 12.8 Å². The molecule has 26 heavy (non-hydrogen) atoms. The second-order valence-corrected chi connectivity index (χ2v) is 6.69. The molecule has 1 amide bonds. The number of hydrogen-bond acceptors (Lipinski definition) is 3. The molecule has 3 rings (SSSR count). The maximum absolute atomic E-state index is 12.3. The Hall–Kier alpha value is -2.97.